The van der Waals surface area contributed by atoms with Crippen LogP contribution in [0.15, 0.2) is 78.2 Å². The minimum atomic E-state index is -0.328. The van der Waals surface area contributed by atoms with Crippen LogP contribution in [-0.4, -0.2) is 11.2 Å². The Kier molecular flexibility index (Phi) is 10.7. The van der Waals surface area contributed by atoms with Crippen molar-refractivity contribution in [3.8, 4) is 0 Å². The summed E-state index contributed by atoms with van der Waals surface area (Å²) in [7, 11) is 0. The van der Waals surface area contributed by atoms with E-state index in [1.807, 2.05) is 12.1 Å². The number of unbranched alkanes of at least 4 members (excludes halogenated alkanes) is 1. The molecule has 8 unspecified atom stereocenters. The first kappa shape index (κ1) is 34.9. The molecule has 1 aromatic rings. The second-order valence-corrected chi connectivity index (χ2v) is 15.7. The largest absolute Gasteiger partial charge is 0.399 e. The molecule has 5 nitrogen and oxygen atoms in total. The van der Waals surface area contributed by atoms with Gasteiger partial charge in [-0.1, -0.05) is 63.3 Å². The normalized spacial score (nSPS) is 35.5. The van der Waals surface area contributed by atoms with Crippen LogP contribution in [0.1, 0.15) is 104 Å². The number of hydrogen-bond donors (Lipinski definition) is 5. The van der Waals surface area contributed by atoms with Gasteiger partial charge in [-0.3, -0.25) is 0 Å². The summed E-state index contributed by atoms with van der Waals surface area (Å²) in [6.07, 6.45) is 21.3. The van der Waals surface area contributed by atoms with Crippen molar-refractivity contribution < 1.29 is 5.11 Å². The number of anilines is 2. The van der Waals surface area contributed by atoms with Gasteiger partial charge in [-0.15, -0.1) is 0 Å². The van der Waals surface area contributed by atoms with Crippen molar-refractivity contribution in [2.45, 2.75) is 111 Å². The summed E-state index contributed by atoms with van der Waals surface area (Å²) in [6.45, 7) is 18.8. The first-order valence-electron chi connectivity index (χ1n) is 17.4. The lowest BCUT2D eigenvalue weighted by Gasteiger charge is -2.61. The van der Waals surface area contributed by atoms with Crippen LogP contribution < -0.4 is 22.9 Å². The van der Waals surface area contributed by atoms with E-state index in [1.165, 1.54) is 68.6 Å². The maximum atomic E-state index is 11.4. The molecule has 0 heterocycles. The topological polar surface area (TPSA) is 124 Å². The van der Waals surface area contributed by atoms with Crippen molar-refractivity contribution in [3.63, 3.8) is 0 Å². The Morgan fingerprint density at radius 2 is 1.76 bits per heavy atom. The molecule has 0 spiro atoms. The number of fused-ring (bicyclic) bond motifs is 5. The van der Waals surface area contributed by atoms with Gasteiger partial charge in [0.2, 0.25) is 0 Å². The van der Waals surface area contributed by atoms with Gasteiger partial charge in [-0.05, 0) is 149 Å². The van der Waals surface area contributed by atoms with Gasteiger partial charge in [0, 0.05) is 28.2 Å². The van der Waals surface area contributed by atoms with Crippen LogP contribution in [0.2, 0.25) is 0 Å². The van der Waals surface area contributed by atoms with Crippen LogP contribution in [0, 0.1) is 39.9 Å². The quantitative estimate of drug-likeness (QED) is 0.0868. The molecule has 3 fully saturated rings. The van der Waals surface area contributed by atoms with Crippen molar-refractivity contribution in [1.29, 1.82) is 0 Å². The summed E-state index contributed by atoms with van der Waals surface area (Å²) < 4.78 is 0. The number of aliphatic hydroxyl groups is 1. The molecule has 5 heteroatoms. The molecule has 0 bridgehead atoms. The van der Waals surface area contributed by atoms with Crippen LogP contribution in [0.4, 0.5) is 11.4 Å². The zero-order chi connectivity index (χ0) is 33.2. The second kappa shape index (κ2) is 13.8. The third kappa shape index (κ3) is 7.09. The number of benzene rings is 1. The van der Waals surface area contributed by atoms with Crippen molar-refractivity contribution in [2.75, 3.05) is 11.5 Å². The molecule has 5 rings (SSSR count). The summed E-state index contributed by atoms with van der Waals surface area (Å²) in [5.41, 5.74) is 29.8. The molecule has 4 aliphatic carbocycles. The Hall–Kier alpha value is -2.92. The van der Waals surface area contributed by atoms with E-state index in [0.717, 1.165) is 54.2 Å². The summed E-state index contributed by atoms with van der Waals surface area (Å²) in [6, 6.07) is 5.90. The van der Waals surface area contributed by atoms with E-state index in [0.29, 0.717) is 22.5 Å². The van der Waals surface area contributed by atoms with Gasteiger partial charge in [0.05, 0.1) is 6.10 Å². The smallest absolute Gasteiger partial charge is 0.0634 e. The monoisotopic (exact) mass is 614 g/mol. The molecule has 0 aromatic heterocycles. The number of rotatable bonds is 8. The lowest BCUT2D eigenvalue weighted by atomic mass is 9.43. The summed E-state index contributed by atoms with van der Waals surface area (Å²) in [5, 5.41) is 11.4. The lowest BCUT2D eigenvalue weighted by molar-refractivity contribution is -0.0778. The van der Waals surface area contributed by atoms with Crippen LogP contribution in [-0.2, 0) is 6.42 Å². The first-order chi connectivity index (χ1) is 21.2. The van der Waals surface area contributed by atoms with Crippen LogP contribution in [0.3, 0.4) is 0 Å². The molecule has 1 aromatic carbocycles. The number of nitrogens with two attached hydrogens (primary N) is 4. The molecule has 248 valence electrons. The molecule has 0 radical (unpaired) electrons. The number of aliphatic hydroxyl groups excluding tert-OH is 1. The maximum Gasteiger partial charge on any atom is 0.0634 e. The fraction of sp³-hybridized carbons (Fsp3) is 0.600. The molecule has 8 atom stereocenters. The van der Waals surface area contributed by atoms with Gasteiger partial charge in [0.1, 0.15) is 0 Å². The van der Waals surface area contributed by atoms with Gasteiger partial charge >= 0.3 is 0 Å². The molecular formula is C40H62N4O. The molecule has 4 aliphatic rings. The molecule has 3 saturated carbocycles. The zero-order valence-electron chi connectivity index (χ0n) is 28.9. The highest BCUT2D eigenvalue weighted by Crippen LogP contribution is 2.69. The van der Waals surface area contributed by atoms with E-state index < -0.39 is 0 Å². The zero-order valence-corrected chi connectivity index (χ0v) is 28.9. The highest BCUT2D eigenvalue weighted by molar-refractivity contribution is 5.57. The van der Waals surface area contributed by atoms with Crippen molar-refractivity contribution in [2.24, 2.45) is 51.4 Å². The summed E-state index contributed by atoms with van der Waals surface area (Å²) in [4.78, 5) is 0. The fourth-order valence-corrected chi connectivity index (χ4v) is 10.2. The van der Waals surface area contributed by atoms with Crippen LogP contribution in [0.5, 0.6) is 0 Å². The van der Waals surface area contributed by atoms with Crippen molar-refractivity contribution in [1.82, 2.24) is 0 Å². The SMILES string of the molecule is C=C/C(N)=C\C(=C)N.CC(C)=CCCCC1CCC2C3CC=C4C(C)(Cc5ccc(N)cc5N)C(O)CCC4(C)C3CCC12C. The van der Waals surface area contributed by atoms with E-state index >= 15 is 0 Å². The number of allylic oxidation sites excluding steroid dienone is 5. The Balaban J connectivity index is 0.000000510. The maximum absolute atomic E-state index is 11.4. The van der Waals surface area contributed by atoms with E-state index in [2.05, 4.69) is 66.0 Å². The Morgan fingerprint density at radius 1 is 1.02 bits per heavy atom. The van der Waals surface area contributed by atoms with Gasteiger partial charge in [0.25, 0.3) is 0 Å². The highest BCUT2D eigenvalue weighted by Gasteiger charge is 2.61. The van der Waals surface area contributed by atoms with Gasteiger partial charge in [-0.2, -0.15) is 0 Å². The average molecular weight is 615 g/mol. The predicted octanol–water partition coefficient (Wildman–Crippen LogP) is 8.57. The lowest BCUT2D eigenvalue weighted by Crippen LogP contribution is -2.55. The van der Waals surface area contributed by atoms with Crippen LogP contribution >= 0.6 is 0 Å². The van der Waals surface area contributed by atoms with Crippen molar-refractivity contribution >= 4 is 11.4 Å². The Morgan fingerprint density at radius 3 is 2.38 bits per heavy atom. The van der Waals surface area contributed by atoms with E-state index in [4.69, 9.17) is 22.9 Å². The van der Waals surface area contributed by atoms with Gasteiger partial charge < -0.3 is 28.0 Å². The van der Waals surface area contributed by atoms with Gasteiger partial charge in [-0.25, -0.2) is 0 Å². The summed E-state index contributed by atoms with van der Waals surface area (Å²) >= 11 is 0. The minimum Gasteiger partial charge on any atom is -0.399 e. The Bertz CT molecular complexity index is 1340. The molecule has 9 N–H and O–H groups in total. The van der Waals surface area contributed by atoms with Gasteiger partial charge in [0.15, 0.2) is 0 Å². The second-order valence-electron chi connectivity index (χ2n) is 15.7. The minimum absolute atomic E-state index is 0.183. The van der Waals surface area contributed by atoms with E-state index in [9.17, 15) is 5.11 Å². The summed E-state index contributed by atoms with van der Waals surface area (Å²) in [5.74, 6) is 3.30. The molecular weight excluding hydrogens is 552 g/mol. The highest BCUT2D eigenvalue weighted by atomic mass is 16.3. The number of nitrogen functional groups attached to an aromatic ring is 2. The molecule has 45 heavy (non-hydrogen) atoms. The average Bonchev–Trinajstić information content (AvgIpc) is 3.31. The molecule has 0 saturated heterocycles. The molecule has 0 aliphatic heterocycles. The Labute approximate surface area is 274 Å². The molecule has 0 amide bonds. The van der Waals surface area contributed by atoms with Crippen molar-refractivity contribution in [3.05, 3.63) is 83.8 Å². The third-order valence-electron chi connectivity index (χ3n) is 12.6. The first-order valence-corrected chi connectivity index (χ1v) is 17.4. The third-order valence-corrected chi connectivity index (χ3v) is 12.6. The number of hydrogen-bond acceptors (Lipinski definition) is 5. The van der Waals surface area contributed by atoms with E-state index in [-0.39, 0.29) is 16.9 Å². The standard InChI is InChI=1S/C34H52N2O.C6H10N2/c1-22(2)8-6-7-9-24-11-14-27-26-13-15-30-33(4,28(26)16-18-32(24,27)3)19-17-31(37)34(30,5)21-23-10-12-25(35)20-29(23)36;1-3-6(8)4-5(2)7/h8,10,12,15,20,24,26-28,31,37H,6-7,9,11,13-14,16-19,21,35-36H2,1-5H3;3-4H,1-2,7-8H2/b;6-4+. The van der Waals surface area contributed by atoms with E-state index in [1.54, 1.807) is 6.08 Å². The fourth-order valence-electron chi connectivity index (χ4n) is 10.2. The van der Waals surface area contributed by atoms with Crippen LogP contribution in [0.25, 0.3) is 0 Å². The predicted molar refractivity (Wildman–Crippen MR) is 193 cm³/mol.